The molecule has 7 heterocycles. The summed E-state index contributed by atoms with van der Waals surface area (Å²) in [6.07, 6.45) is -6.58. The first kappa shape index (κ1) is 69.3. The Morgan fingerprint density at radius 2 is 1.18 bits per heavy atom. The first-order chi connectivity index (χ1) is 46.4. The molecular weight excluding hydrogens is 1300 g/mol. The Labute approximate surface area is 553 Å². The van der Waals surface area contributed by atoms with E-state index in [9.17, 15) is 38.1 Å². The number of benzene rings is 4. The van der Waals surface area contributed by atoms with Crippen molar-refractivity contribution in [1.29, 1.82) is 0 Å². The number of ether oxygens (including phenoxy) is 7. The highest BCUT2D eigenvalue weighted by Crippen LogP contribution is 2.53. The standard InChI is InChI=1S/C65H72N10O20P2/c1-37(2)58(77)70-62-69-57-56(61(80)71-62)66-36-75(57)55-29-46(90-39(4)76)50(92-55)34-88-96(7,83)95-48-31-54(74-32-38(3)59(78)72-64(74)82)93-51(48)35-89-97(8,84)94-47-30-53(73-28-27-52(68-63(73)81)67-60(79)40-15-11-9-12-16-40)91-49(47)33-87-65(41-17-13-10-14-18-41,42-19-23-44(85-5)24-20-42)43-21-25-45(86-6)26-22-43/h9-28,32,36-37,46-51,53-55H,29-31,33-35H2,1-8H3,(H,72,78,82)(H,67,68,79,81)(H2,69,70,71,77,80)/t46-,47-,48-,49+,50+,51+,53+,54+,55+,96+,97+/m0/s1. The highest BCUT2D eigenvalue weighted by Gasteiger charge is 2.48. The topological polar surface area (TPSA) is 364 Å². The van der Waals surface area contributed by atoms with Crippen LogP contribution in [0.15, 0.2) is 153 Å². The largest absolute Gasteiger partial charge is 0.497 e. The molecule has 3 aliphatic heterocycles. The van der Waals surface area contributed by atoms with Gasteiger partial charge in [0.1, 0.15) is 66.0 Å². The van der Waals surface area contributed by atoms with Gasteiger partial charge in [0.05, 0.1) is 52.6 Å². The van der Waals surface area contributed by atoms with Crippen molar-refractivity contribution in [1.82, 2.24) is 38.6 Å². The van der Waals surface area contributed by atoms with Crippen molar-refractivity contribution in [2.45, 2.75) is 108 Å². The van der Waals surface area contributed by atoms with Crippen molar-refractivity contribution < 1.29 is 74.8 Å². The molecule has 30 nitrogen and oxygen atoms in total. The maximum atomic E-state index is 15.1. The second kappa shape index (κ2) is 29.3. The SMILES string of the molecule is COc1ccc(C(OC[C@H]2O[C@@H](n3ccc(NC(=O)c4ccccc4)nc3=O)C[C@@H]2O[P@](C)(=O)OC[C@H]2O[C@@H](n3cc(C)c(=O)[nH]c3=O)C[C@@H]2O[P@](C)(=O)OC[C@H]2O[C@@H](n3cnc4c(=O)[nH]c(NC(=O)C(C)C)nc43)C[C@@H]2OC(C)=O)(c2ccccc2)c2ccc(OC)cc2)cc1. The lowest BCUT2D eigenvalue weighted by molar-refractivity contribution is -0.150. The lowest BCUT2D eigenvalue weighted by atomic mass is 9.80. The van der Waals surface area contributed by atoms with E-state index < -0.39 is 136 Å². The van der Waals surface area contributed by atoms with Gasteiger partial charge in [0.25, 0.3) is 17.0 Å². The molecule has 32 heteroatoms. The first-order valence-corrected chi connectivity index (χ1v) is 34.9. The van der Waals surface area contributed by atoms with Gasteiger partial charge < -0.3 is 56.6 Å². The Balaban J connectivity index is 0.854. The Hall–Kier alpha value is -9.06. The molecule has 11 rings (SSSR count). The lowest BCUT2D eigenvalue weighted by Crippen LogP contribution is -2.38. The van der Waals surface area contributed by atoms with Crippen LogP contribution in [0.25, 0.3) is 11.2 Å². The summed E-state index contributed by atoms with van der Waals surface area (Å²) >= 11 is 0. The van der Waals surface area contributed by atoms with E-state index in [2.05, 4.69) is 35.6 Å². The van der Waals surface area contributed by atoms with Crippen LogP contribution in [-0.2, 0) is 66.1 Å². The van der Waals surface area contributed by atoms with E-state index in [1.165, 1.54) is 61.1 Å². The number of anilines is 2. The number of hydrogen-bond acceptors (Lipinski definition) is 23. The molecule has 3 fully saturated rings. The van der Waals surface area contributed by atoms with E-state index in [1.807, 2.05) is 54.6 Å². The predicted octanol–water partition coefficient (Wildman–Crippen LogP) is 7.35. The van der Waals surface area contributed by atoms with Gasteiger partial charge in [-0.3, -0.25) is 62.1 Å². The number of methoxy groups -OCH3 is 2. The Bertz CT molecular complexity index is 4460. The van der Waals surface area contributed by atoms with Gasteiger partial charge in [-0.2, -0.15) is 9.97 Å². The number of esters is 1. The van der Waals surface area contributed by atoms with E-state index >= 15 is 4.57 Å². The van der Waals surface area contributed by atoms with Crippen LogP contribution in [0.1, 0.15) is 91.3 Å². The van der Waals surface area contributed by atoms with Gasteiger partial charge in [-0.1, -0.05) is 86.6 Å². The predicted molar refractivity (Wildman–Crippen MR) is 349 cm³/mol. The van der Waals surface area contributed by atoms with Crippen LogP contribution in [0.2, 0.25) is 0 Å². The lowest BCUT2D eigenvalue weighted by Gasteiger charge is -2.37. The molecule has 4 aromatic carbocycles. The monoisotopic (exact) mass is 1370 g/mol. The number of H-pyrrole nitrogens is 2. The maximum Gasteiger partial charge on any atom is 0.351 e. The summed E-state index contributed by atoms with van der Waals surface area (Å²) in [5, 5.41) is 5.21. The number of aromatic nitrogens is 8. The first-order valence-electron chi connectivity index (χ1n) is 30.9. The van der Waals surface area contributed by atoms with E-state index in [0.717, 1.165) is 4.57 Å². The van der Waals surface area contributed by atoms with Crippen LogP contribution in [0.5, 0.6) is 11.5 Å². The van der Waals surface area contributed by atoms with Crippen LogP contribution in [-0.4, -0.2) is 140 Å². The molecule has 8 aromatic rings. The van der Waals surface area contributed by atoms with Gasteiger partial charge >= 0.3 is 32.5 Å². The number of hydrogen-bond donors (Lipinski definition) is 4. The van der Waals surface area contributed by atoms with Gasteiger partial charge in [0, 0.05) is 69.0 Å². The minimum atomic E-state index is -4.34. The number of amides is 2. The van der Waals surface area contributed by atoms with Crippen molar-refractivity contribution in [3.05, 3.63) is 203 Å². The van der Waals surface area contributed by atoms with Crippen LogP contribution >= 0.6 is 15.2 Å². The third-order valence-corrected chi connectivity index (χ3v) is 19.0. The molecule has 4 N–H and O–H groups in total. The zero-order valence-corrected chi connectivity index (χ0v) is 55.7. The molecular formula is C65H72N10O20P2. The highest BCUT2D eigenvalue weighted by molar-refractivity contribution is 7.53. The fraction of sp³-hybridized carbons (Fsp3) is 0.385. The minimum absolute atomic E-state index is 0.0112. The fourth-order valence-corrected chi connectivity index (χ4v) is 14.0. The summed E-state index contributed by atoms with van der Waals surface area (Å²) in [6, 6.07) is 33.9. The molecule has 0 unspecified atom stereocenters. The molecule has 0 spiro atoms. The minimum Gasteiger partial charge on any atom is -0.497 e. The number of imidazole rings is 1. The fourth-order valence-electron chi connectivity index (χ4n) is 11.6. The number of nitrogens with one attached hydrogen (secondary N) is 4. The van der Waals surface area contributed by atoms with E-state index in [1.54, 1.807) is 82.7 Å². The average Bonchev–Trinajstić information content (AvgIpc) is 1.01. The van der Waals surface area contributed by atoms with Gasteiger partial charge in [-0.15, -0.1) is 0 Å². The zero-order valence-electron chi connectivity index (χ0n) is 54.0. The number of carbonyl (C=O) groups is 3. The van der Waals surface area contributed by atoms with Gasteiger partial charge in [0.2, 0.25) is 11.9 Å². The summed E-state index contributed by atoms with van der Waals surface area (Å²) in [4.78, 5) is 109. The highest BCUT2D eigenvalue weighted by atomic mass is 31.2. The molecule has 0 saturated carbocycles. The zero-order chi connectivity index (χ0) is 68.9. The van der Waals surface area contributed by atoms with Gasteiger partial charge in [-0.05, 0) is 66.1 Å². The number of aromatic amines is 2. The number of nitrogens with zero attached hydrogens (tertiary/aromatic N) is 6. The molecule has 4 aromatic heterocycles. The molecule has 2 amide bonds. The van der Waals surface area contributed by atoms with Gasteiger partial charge in [-0.25, -0.2) is 14.6 Å². The third kappa shape index (κ3) is 15.8. The summed E-state index contributed by atoms with van der Waals surface area (Å²) in [6.45, 7) is 7.03. The third-order valence-electron chi connectivity index (χ3n) is 16.5. The quantitative estimate of drug-likeness (QED) is 0.0234. The molecule has 0 radical (unpaired) electrons. The number of rotatable bonds is 26. The smallest absolute Gasteiger partial charge is 0.351 e. The van der Waals surface area contributed by atoms with E-state index in [4.69, 9.17) is 51.3 Å². The van der Waals surface area contributed by atoms with Crippen LogP contribution in [0.4, 0.5) is 11.8 Å². The van der Waals surface area contributed by atoms with Crippen molar-refractivity contribution in [2.24, 2.45) is 5.92 Å². The average molecular weight is 1380 g/mol. The van der Waals surface area contributed by atoms with Crippen LogP contribution in [0, 0.1) is 12.8 Å². The van der Waals surface area contributed by atoms with Crippen molar-refractivity contribution >= 4 is 55.9 Å². The van der Waals surface area contributed by atoms with Gasteiger partial charge in [0.15, 0.2) is 11.2 Å². The van der Waals surface area contributed by atoms with E-state index in [0.29, 0.717) is 33.8 Å². The normalized spacial score (nSPS) is 22.2. The van der Waals surface area contributed by atoms with Crippen molar-refractivity contribution in [3.63, 3.8) is 0 Å². The summed E-state index contributed by atoms with van der Waals surface area (Å²) in [7, 11) is -5.50. The summed E-state index contributed by atoms with van der Waals surface area (Å²) in [5.41, 5.74) is -1.79. The summed E-state index contributed by atoms with van der Waals surface area (Å²) < 4.78 is 102. The number of fused-ring (bicyclic) bond motifs is 1. The molecule has 0 bridgehead atoms. The molecule has 3 saturated heterocycles. The van der Waals surface area contributed by atoms with E-state index in [-0.39, 0.29) is 54.4 Å². The summed E-state index contributed by atoms with van der Waals surface area (Å²) in [5.74, 6) is -1.01. The Kier molecular flexibility index (Phi) is 21.0. The Morgan fingerprint density at radius 1 is 0.649 bits per heavy atom. The number of carbonyl (C=O) groups excluding carboxylic acids is 3. The van der Waals surface area contributed by atoms with Crippen molar-refractivity contribution in [2.75, 3.05) is 58.0 Å². The number of aryl methyl sites for hydroxylation is 1. The second-order valence-corrected chi connectivity index (χ2v) is 27.7. The van der Waals surface area contributed by atoms with Crippen molar-refractivity contribution in [3.8, 4) is 11.5 Å². The molecule has 3 aliphatic rings. The second-order valence-electron chi connectivity index (χ2n) is 23.7. The molecule has 512 valence electrons. The van der Waals surface area contributed by atoms with Crippen LogP contribution < -0.4 is 42.6 Å². The maximum absolute atomic E-state index is 15.1. The van der Waals surface area contributed by atoms with Crippen LogP contribution in [0.3, 0.4) is 0 Å². The molecule has 0 aliphatic carbocycles. The molecule has 97 heavy (non-hydrogen) atoms. The Morgan fingerprint density at radius 3 is 1.73 bits per heavy atom. The molecule has 11 atom stereocenters.